The van der Waals surface area contributed by atoms with Crippen LogP contribution >= 0.6 is 11.6 Å². The monoisotopic (exact) mass is 243 g/mol. The van der Waals surface area contributed by atoms with E-state index in [0.29, 0.717) is 16.8 Å². The fraction of sp³-hybridized carbons (Fsp3) is 0.600. The third kappa shape index (κ3) is 3.50. The highest BCUT2D eigenvalue weighted by molar-refractivity contribution is 6.32. The van der Waals surface area contributed by atoms with Crippen molar-refractivity contribution in [3.05, 3.63) is 11.2 Å². The number of halogens is 1. The Morgan fingerprint density at radius 3 is 2.75 bits per heavy atom. The van der Waals surface area contributed by atoms with Crippen molar-refractivity contribution < 1.29 is 0 Å². The lowest BCUT2D eigenvalue weighted by atomic mass is 9.90. The van der Waals surface area contributed by atoms with Crippen LogP contribution in [0.25, 0.3) is 0 Å². The highest BCUT2D eigenvalue weighted by atomic mass is 35.5. The predicted octanol–water partition coefficient (Wildman–Crippen LogP) is 2.26. The Morgan fingerprint density at radius 2 is 2.19 bits per heavy atom. The molecule has 0 amide bonds. The summed E-state index contributed by atoms with van der Waals surface area (Å²) in [6, 6.07) is 0. The number of hydrogen-bond acceptors (Lipinski definition) is 5. The topological polar surface area (TPSA) is 75.9 Å². The summed E-state index contributed by atoms with van der Waals surface area (Å²) in [5.74, 6) is 6.18. The van der Waals surface area contributed by atoms with Crippen LogP contribution in [0.1, 0.15) is 27.2 Å². The van der Waals surface area contributed by atoms with Crippen LogP contribution in [0.15, 0.2) is 6.20 Å². The van der Waals surface area contributed by atoms with Crippen LogP contribution in [0.5, 0.6) is 0 Å². The molecule has 90 valence electrons. The average Bonchev–Trinajstić information content (AvgIpc) is 2.28. The number of nitrogen functional groups attached to an aromatic ring is 1. The number of nitrogens with two attached hydrogens (primary N) is 1. The Balaban J connectivity index is 2.73. The molecular weight excluding hydrogens is 226 g/mol. The standard InChI is InChI=1S/C10H18ClN5/c1-4-10(2,3)6-14-8-7(11)5-13-9(15-8)16-12/h5H,4,6,12H2,1-3H3,(H2,13,14,15,16). The first-order valence-electron chi connectivity index (χ1n) is 5.21. The van der Waals surface area contributed by atoms with E-state index in [4.69, 9.17) is 17.4 Å². The Labute approximate surface area is 101 Å². The maximum atomic E-state index is 5.97. The molecular formula is C10H18ClN5. The van der Waals surface area contributed by atoms with E-state index in [-0.39, 0.29) is 5.41 Å². The largest absolute Gasteiger partial charge is 0.368 e. The van der Waals surface area contributed by atoms with Gasteiger partial charge >= 0.3 is 0 Å². The van der Waals surface area contributed by atoms with E-state index >= 15 is 0 Å². The molecule has 0 fully saturated rings. The van der Waals surface area contributed by atoms with Crippen molar-refractivity contribution in [2.75, 3.05) is 17.3 Å². The highest BCUT2D eigenvalue weighted by Gasteiger charge is 2.15. The highest BCUT2D eigenvalue weighted by Crippen LogP contribution is 2.23. The van der Waals surface area contributed by atoms with Crippen LogP contribution in [0, 0.1) is 5.41 Å². The van der Waals surface area contributed by atoms with Gasteiger partial charge < -0.3 is 5.32 Å². The maximum Gasteiger partial charge on any atom is 0.239 e. The molecule has 0 atom stereocenters. The minimum Gasteiger partial charge on any atom is -0.368 e. The predicted molar refractivity (Wildman–Crippen MR) is 67.4 cm³/mol. The second-order valence-electron chi connectivity index (χ2n) is 4.41. The third-order valence-electron chi connectivity index (χ3n) is 2.56. The Kier molecular flexibility index (Phi) is 4.32. The normalized spacial score (nSPS) is 11.3. The van der Waals surface area contributed by atoms with Crippen LogP contribution in [-0.4, -0.2) is 16.5 Å². The molecule has 0 radical (unpaired) electrons. The molecule has 1 aromatic rings. The van der Waals surface area contributed by atoms with E-state index in [1.807, 2.05) is 0 Å². The number of anilines is 2. The molecule has 0 aliphatic carbocycles. The van der Waals surface area contributed by atoms with Crippen LogP contribution in [0.2, 0.25) is 5.02 Å². The molecule has 0 saturated heterocycles. The third-order valence-corrected chi connectivity index (χ3v) is 2.84. The lowest BCUT2D eigenvalue weighted by Gasteiger charge is -2.23. The fourth-order valence-corrected chi connectivity index (χ4v) is 1.17. The molecule has 6 heteroatoms. The molecule has 5 nitrogen and oxygen atoms in total. The van der Waals surface area contributed by atoms with E-state index < -0.39 is 0 Å². The lowest BCUT2D eigenvalue weighted by Crippen LogP contribution is -2.23. The summed E-state index contributed by atoms with van der Waals surface area (Å²) < 4.78 is 0. The van der Waals surface area contributed by atoms with Gasteiger partial charge in [0.05, 0.1) is 6.20 Å². The van der Waals surface area contributed by atoms with Gasteiger partial charge in [-0.3, -0.25) is 5.43 Å². The van der Waals surface area contributed by atoms with Gasteiger partial charge in [-0.1, -0.05) is 32.4 Å². The summed E-state index contributed by atoms with van der Waals surface area (Å²) in [5, 5.41) is 3.69. The van der Waals surface area contributed by atoms with Crippen molar-refractivity contribution in [2.24, 2.45) is 11.3 Å². The average molecular weight is 244 g/mol. The van der Waals surface area contributed by atoms with E-state index in [1.165, 1.54) is 6.20 Å². The zero-order valence-corrected chi connectivity index (χ0v) is 10.6. The van der Waals surface area contributed by atoms with Gasteiger partial charge in [0.2, 0.25) is 5.95 Å². The maximum absolute atomic E-state index is 5.97. The smallest absolute Gasteiger partial charge is 0.239 e. The van der Waals surface area contributed by atoms with Crippen molar-refractivity contribution >= 4 is 23.4 Å². The van der Waals surface area contributed by atoms with Crippen LogP contribution in [0.3, 0.4) is 0 Å². The first-order chi connectivity index (χ1) is 7.48. The Morgan fingerprint density at radius 1 is 1.50 bits per heavy atom. The van der Waals surface area contributed by atoms with Crippen molar-refractivity contribution in [3.8, 4) is 0 Å². The summed E-state index contributed by atoms with van der Waals surface area (Å²) in [6.07, 6.45) is 2.59. The molecule has 0 aliphatic heterocycles. The summed E-state index contributed by atoms with van der Waals surface area (Å²) in [4.78, 5) is 8.04. The van der Waals surface area contributed by atoms with Gasteiger partial charge in [0.25, 0.3) is 0 Å². The zero-order valence-electron chi connectivity index (χ0n) is 9.84. The van der Waals surface area contributed by atoms with Crippen LogP contribution in [0.4, 0.5) is 11.8 Å². The second kappa shape index (κ2) is 5.32. The Bertz CT molecular complexity index is 353. The van der Waals surface area contributed by atoms with E-state index in [1.54, 1.807) is 0 Å². The molecule has 4 N–H and O–H groups in total. The number of hydrogen-bond donors (Lipinski definition) is 3. The number of hydrazine groups is 1. The number of rotatable bonds is 5. The van der Waals surface area contributed by atoms with Gasteiger partial charge in [0, 0.05) is 6.54 Å². The van der Waals surface area contributed by atoms with Crippen molar-refractivity contribution in [3.63, 3.8) is 0 Å². The van der Waals surface area contributed by atoms with Crippen LogP contribution in [-0.2, 0) is 0 Å². The minimum atomic E-state index is 0.199. The van der Waals surface area contributed by atoms with Gasteiger partial charge in [-0.15, -0.1) is 0 Å². The molecule has 1 aromatic heterocycles. The summed E-state index contributed by atoms with van der Waals surface area (Å²) in [7, 11) is 0. The minimum absolute atomic E-state index is 0.199. The van der Waals surface area contributed by atoms with Crippen LogP contribution < -0.4 is 16.6 Å². The van der Waals surface area contributed by atoms with E-state index in [9.17, 15) is 0 Å². The van der Waals surface area contributed by atoms with Gasteiger partial charge in [0.1, 0.15) is 5.02 Å². The number of aromatic nitrogens is 2. The number of nitrogens with one attached hydrogen (secondary N) is 2. The Hall–Kier alpha value is -1.07. The fourth-order valence-electron chi connectivity index (χ4n) is 1.01. The summed E-state index contributed by atoms with van der Waals surface area (Å²) in [5.41, 5.74) is 2.58. The molecule has 0 saturated carbocycles. The lowest BCUT2D eigenvalue weighted by molar-refractivity contribution is 0.376. The molecule has 0 aliphatic rings. The van der Waals surface area contributed by atoms with Crippen molar-refractivity contribution in [1.82, 2.24) is 9.97 Å². The number of nitrogens with zero attached hydrogens (tertiary/aromatic N) is 2. The first kappa shape index (κ1) is 13.0. The van der Waals surface area contributed by atoms with E-state index in [2.05, 4.69) is 41.5 Å². The second-order valence-corrected chi connectivity index (χ2v) is 4.81. The molecule has 1 rings (SSSR count). The quantitative estimate of drug-likeness (QED) is 0.546. The molecule has 0 unspecified atom stereocenters. The van der Waals surface area contributed by atoms with E-state index in [0.717, 1.165) is 13.0 Å². The van der Waals surface area contributed by atoms with Crippen molar-refractivity contribution in [1.29, 1.82) is 0 Å². The van der Waals surface area contributed by atoms with Gasteiger partial charge in [-0.2, -0.15) is 4.98 Å². The molecule has 1 heterocycles. The van der Waals surface area contributed by atoms with Gasteiger partial charge in [-0.25, -0.2) is 10.8 Å². The molecule has 0 bridgehead atoms. The SMILES string of the molecule is CCC(C)(C)CNc1nc(NN)ncc1Cl. The summed E-state index contributed by atoms with van der Waals surface area (Å²) >= 11 is 5.97. The summed E-state index contributed by atoms with van der Waals surface area (Å²) in [6.45, 7) is 7.30. The van der Waals surface area contributed by atoms with Gasteiger partial charge in [0.15, 0.2) is 5.82 Å². The molecule has 0 spiro atoms. The van der Waals surface area contributed by atoms with Gasteiger partial charge in [-0.05, 0) is 11.8 Å². The molecule has 16 heavy (non-hydrogen) atoms. The zero-order chi connectivity index (χ0) is 12.2. The van der Waals surface area contributed by atoms with Crippen molar-refractivity contribution in [2.45, 2.75) is 27.2 Å². The first-order valence-corrected chi connectivity index (χ1v) is 5.59. The molecule has 0 aromatic carbocycles.